The van der Waals surface area contributed by atoms with Gasteiger partial charge >= 0.3 is 11.9 Å². The molecule has 3 nitrogen and oxygen atoms in total. The lowest BCUT2D eigenvalue weighted by Gasteiger charge is -2.25. The van der Waals surface area contributed by atoms with Crippen LogP contribution in [0.5, 0.6) is 0 Å². The van der Waals surface area contributed by atoms with Gasteiger partial charge in [0, 0.05) is 11.5 Å². The highest BCUT2D eigenvalue weighted by molar-refractivity contribution is 9.10. The molecule has 1 aliphatic carbocycles. The maximum atomic E-state index is 11.3. The molecule has 0 radical (unpaired) electrons. The van der Waals surface area contributed by atoms with Crippen LogP contribution in [0.25, 0.3) is 0 Å². The van der Waals surface area contributed by atoms with E-state index in [4.69, 9.17) is 11.6 Å². The predicted molar refractivity (Wildman–Crippen MR) is 49.4 cm³/mol. The molecule has 0 aromatic rings. The maximum absolute atomic E-state index is 11.3. The van der Waals surface area contributed by atoms with Gasteiger partial charge in [0.25, 0.3) is 0 Å². The highest BCUT2D eigenvalue weighted by Crippen LogP contribution is 2.46. The summed E-state index contributed by atoms with van der Waals surface area (Å²) in [5.74, 6) is -1.39. The molecule has 0 aromatic carbocycles. The first-order valence-corrected chi connectivity index (χ1v) is 5.01. The lowest BCUT2D eigenvalue weighted by molar-refractivity contribution is -0.153. The number of carbonyl (C=O) groups is 2. The Balaban J connectivity index is 2.40. The van der Waals surface area contributed by atoms with Crippen LogP contribution in [0.1, 0.15) is 12.8 Å². The summed E-state index contributed by atoms with van der Waals surface area (Å²) in [7, 11) is 0. The van der Waals surface area contributed by atoms with E-state index in [0.717, 1.165) is 0 Å². The number of esters is 2. The van der Waals surface area contributed by atoms with Crippen molar-refractivity contribution in [3.8, 4) is 0 Å². The Morgan fingerprint density at radius 2 is 2.31 bits per heavy atom. The van der Waals surface area contributed by atoms with E-state index in [2.05, 4.69) is 20.7 Å². The van der Waals surface area contributed by atoms with Crippen molar-refractivity contribution in [1.82, 2.24) is 0 Å². The third kappa shape index (κ3) is 1.23. The van der Waals surface area contributed by atoms with Gasteiger partial charge in [-0.15, -0.1) is 0 Å². The van der Waals surface area contributed by atoms with Gasteiger partial charge in [0.2, 0.25) is 0 Å². The molecule has 1 heterocycles. The second-order valence-electron chi connectivity index (χ2n) is 3.19. The fraction of sp³-hybridized carbons (Fsp3) is 0.500. The lowest BCUT2D eigenvalue weighted by Crippen LogP contribution is -2.36. The van der Waals surface area contributed by atoms with Crippen molar-refractivity contribution >= 4 is 39.5 Å². The van der Waals surface area contributed by atoms with E-state index in [0.29, 0.717) is 17.9 Å². The zero-order valence-corrected chi connectivity index (χ0v) is 8.89. The van der Waals surface area contributed by atoms with E-state index < -0.39 is 22.2 Å². The number of fused-ring (bicyclic) bond motifs is 1. The molecule has 0 saturated carbocycles. The van der Waals surface area contributed by atoms with Crippen molar-refractivity contribution in [3.63, 3.8) is 0 Å². The second kappa shape index (κ2) is 2.82. The highest BCUT2D eigenvalue weighted by Gasteiger charge is 2.57. The van der Waals surface area contributed by atoms with Crippen LogP contribution in [-0.4, -0.2) is 16.3 Å². The average Bonchev–Trinajstić information content (AvgIpc) is 2.23. The van der Waals surface area contributed by atoms with Crippen LogP contribution in [0.15, 0.2) is 11.1 Å². The summed E-state index contributed by atoms with van der Waals surface area (Å²) >= 11 is 9.05. The van der Waals surface area contributed by atoms with Crippen molar-refractivity contribution in [2.75, 3.05) is 0 Å². The standard InChI is InChI=1S/C8H6BrClO3/c9-8-3-4(10)1-2-5(8)6(11)13-7(8)12/h1,5H,2-3H2. The fourth-order valence-electron chi connectivity index (χ4n) is 1.62. The molecule has 0 amide bonds. The molecule has 2 aliphatic rings. The van der Waals surface area contributed by atoms with Crippen LogP contribution in [0.2, 0.25) is 0 Å². The highest BCUT2D eigenvalue weighted by atomic mass is 79.9. The van der Waals surface area contributed by atoms with Crippen LogP contribution in [-0.2, 0) is 14.3 Å². The number of hydrogen-bond donors (Lipinski definition) is 0. The molecule has 70 valence electrons. The van der Waals surface area contributed by atoms with Gasteiger partial charge in [-0.2, -0.15) is 0 Å². The van der Waals surface area contributed by atoms with Crippen LogP contribution in [0.3, 0.4) is 0 Å². The van der Waals surface area contributed by atoms with E-state index >= 15 is 0 Å². The number of ether oxygens (including phenoxy) is 1. The maximum Gasteiger partial charge on any atom is 0.331 e. The van der Waals surface area contributed by atoms with Crippen molar-refractivity contribution in [2.24, 2.45) is 5.92 Å². The first-order valence-electron chi connectivity index (χ1n) is 3.83. The third-order valence-corrected chi connectivity index (χ3v) is 3.82. The molecule has 13 heavy (non-hydrogen) atoms. The Bertz CT molecular complexity index is 325. The van der Waals surface area contributed by atoms with Crippen LogP contribution in [0, 0.1) is 5.92 Å². The quantitative estimate of drug-likeness (QED) is 0.381. The molecule has 0 aromatic heterocycles. The van der Waals surface area contributed by atoms with Crippen molar-refractivity contribution in [1.29, 1.82) is 0 Å². The summed E-state index contributed by atoms with van der Waals surface area (Å²) in [6.07, 6.45) is 2.56. The molecule has 0 bridgehead atoms. The Morgan fingerprint density at radius 1 is 1.62 bits per heavy atom. The van der Waals surface area contributed by atoms with E-state index in [9.17, 15) is 9.59 Å². The molecular formula is C8H6BrClO3. The molecule has 1 saturated heterocycles. The van der Waals surface area contributed by atoms with Gasteiger partial charge in [-0.1, -0.05) is 33.6 Å². The monoisotopic (exact) mass is 264 g/mol. The molecule has 2 rings (SSSR count). The molecule has 0 N–H and O–H groups in total. The molecule has 2 unspecified atom stereocenters. The lowest BCUT2D eigenvalue weighted by atomic mass is 9.85. The SMILES string of the molecule is O=C1OC(=O)C2(Br)CC(Cl)=CCC12. The van der Waals surface area contributed by atoms with Gasteiger partial charge in [-0.25, -0.2) is 4.79 Å². The van der Waals surface area contributed by atoms with Crippen LogP contribution in [0.4, 0.5) is 0 Å². The van der Waals surface area contributed by atoms with E-state index in [-0.39, 0.29) is 0 Å². The molecule has 5 heteroatoms. The summed E-state index contributed by atoms with van der Waals surface area (Å²) in [5.41, 5.74) is 0. The van der Waals surface area contributed by atoms with Gasteiger partial charge in [0.05, 0.1) is 5.92 Å². The Hall–Kier alpha value is -0.350. The molecule has 1 fully saturated rings. The number of cyclic esters (lactones) is 2. The molecule has 0 spiro atoms. The van der Waals surface area contributed by atoms with Crippen LogP contribution < -0.4 is 0 Å². The van der Waals surface area contributed by atoms with Gasteiger partial charge in [-0.05, 0) is 6.42 Å². The Labute approximate surface area is 88.2 Å². The number of carbonyl (C=O) groups excluding carboxylic acids is 2. The van der Waals surface area contributed by atoms with Crippen LogP contribution >= 0.6 is 27.5 Å². The number of halogens is 2. The minimum Gasteiger partial charge on any atom is -0.392 e. The number of rotatable bonds is 0. The summed E-state index contributed by atoms with van der Waals surface area (Å²) in [6.45, 7) is 0. The summed E-state index contributed by atoms with van der Waals surface area (Å²) < 4.78 is 3.64. The normalized spacial score (nSPS) is 38.3. The molecule has 2 atom stereocenters. The van der Waals surface area contributed by atoms with E-state index in [1.54, 1.807) is 6.08 Å². The number of allylic oxidation sites excluding steroid dienone is 2. The van der Waals surface area contributed by atoms with E-state index in [1.165, 1.54) is 0 Å². The second-order valence-corrected chi connectivity index (χ2v) is 5.09. The minimum absolute atomic E-state index is 0.337. The van der Waals surface area contributed by atoms with Gasteiger partial charge in [0.1, 0.15) is 4.32 Å². The van der Waals surface area contributed by atoms with Gasteiger partial charge in [0.15, 0.2) is 0 Å². The van der Waals surface area contributed by atoms with Crippen molar-refractivity contribution in [3.05, 3.63) is 11.1 Å². The Kier molecular flexibility index (Phi) is 2.00. The van der Waals surface area contributed by atoms with Crippen molar-refractivity contribution in [2.45, 2.75) is 17.2 Å². The zero-order chi connectivity index (χ0) is 9.64. The van der Waals surface area contributed by atoms with Gasteiger partial charge in [-0.3, -0.25) is 4.79 Å². The summed E-state index contributed by atoms with van der Waals surface area (Å²) in [4.78, 5) is 22.5. The first-order chi connectivity index (χ1) is 6.04. The molecule has 1 aliphatic heterocycles. The number of hydrogen-bond acceptors (Lipinski definition) is 3. The zero-order valence-electron chi connectivity index (χ0n) is 6.55. The minimum atomic E-state index is -0.907. The Morgan fingerprint density at radius 3 is 3.00 bits per heavy atom. The first kappa shape index (κ1) is 9.21. The van der Waals surface area contributed by atoms with E-state index in [1.807, 2.05) is 0 Å². The van der Waals surface area contributed by atoms with Gasteiger partial charge < -0.3 is 4.74 Å². The topological polar surface area (TPSA) is 43.4 Å². The smallest absolute Gasteiger partial charge is 0.331 e. The predicted octanol–water partition coefficient (Wildman–Crippen LogP) is 1.74. The summed E-state index contributed by atoms with van der Waals surface area (Å²) in [6, 6.07) is 0. The average molecular weight is 265 g/mol. The largest absolute Gasteiger partial charge is 0.392 e. The molecular weight excluding hydrogens is 259 g/mol. The fourth-order valence-corrected chi connectivity index (χ4v) is 2.84. The third-order valence-electron chi connectivity index (χ3n) is 2.37. The number of alkyl halides is 1. The summed E-state index contributed by atoms with van der Waals surface area (Å²) in [5, 5.41) is 0.597. The van der Waals surface area contributed by atoms with Crippen molar-refractivity contribution < 1.29 is 14.3 Å².